The molecule has 0 radical (unpaired) electrons. The van der Waals surface area contributed by atoms with Crippen LogP contribution in [0.4, 0.5) is 0 Å². The highest BCUT2D eigenvalue weighted by molar-refractivity contribution is 5.92. The zero-order valence-electron chi connectivity index (χ0n) is 9.57. The predicted molar refractivity (Wildman–Crippen MR) is 62.6 cm³/mol. The maximum atomic E-state index is 10.4. The number of pyridine rings is 1. The molecule has 0 spiro atoms. The molecule has 1 amide bonds. The maximum absolute atomic E-state index is 10.4. The number of primary amides is 1. The van der Waals surface area contributed by atoms with Crippen molar-refractivity contribution in [1.29, 1.82) is 0 Å². The van der Waals surface area contributed by atoms with Gasteiger partial charge in [-0.15, -0.1) is 0 Å². The lowest BCUT2D eigenvalue weighted by Crippen LogP contribution is -2.10. The molecule has 1 aromatic rings. The van der Waals surface area contributed by atoms with Crippen LogP contribution in [0.1, 0.15) is 49.9 Å². The molecule has 1 rings (SSSR count). The number of unbranched alkanes of at least 4 members (excludes halogenated alkanes) is 3. The van der Waals surface area contributed by atoms with Gasteiger partial charge in [0.2, 0.25) is 5.91 Å². The standard InChI is InChI=1S/C6H6N2O.C6H14/c7-6(9)5-2-1-3-8-4-5;1-3-5-6-4-2/h1-4H,(H2,7,9);3-6H2,1-2H3. The van der Waals surface area contributed by atoms with E-state index in [1.807, 2.05) is 0 Å². The van der Waals surface area contributed by atoms with Gasteiger partial charge in [-0.1, -0.05) is 39.5 Å². The van der Waals surface area contributed by atoms with Crippen molar-refractivity contribution in [2.45, 2.75) is 39.5 Å². The number of hydrogen-bond donors (Lipinski definition) is 1. The lowest BCUT2D eigenvalue weighted by atomic mass is 10.2. The molecule has 1 aromatic heterocycles. The summed E-state index contributed by atoms with van der Waals surface area (Å²) in [7, 11) is 0. The van der Waals surface area contributed by atoms with Gasteiger partial charge in [0, 0.05) is 12.4 Å². The molecule has 0 bridgehead atoms. The van der Waals surface area contributed by atoms with E-state index in [-0.39, 0.29) is 0 Å². The SMILES string of the molecule is CCCCCC.NC(=O)c1cccnc1. The van der Waals surface area contributed by atoms with Crippen molar-refractivity contribution in [1.82, 2.24) is 4.98 Å². The number of amides is 1. The van der Waals surface area contributed by atoms with Crippen LogP contribution < -0.4 is 5.73 Å². The number of rotatable bonds is 4. The number of aromatic nitrogens is 1. The van der Waals surface area contributed by atoms with Gasteiger partial charge in [-0.25, -0.2) is 0 Å². The Balaban J connectivity index is 0.000000288. The van der Waals surface area contributed by atoms with Gasteiger partial charge in [-0.2, -0.15) is 0 Å². The minimum atomic E-state index is -0.442. The van der Waals surface area contributed by atoms with Crippen molar-refractivity contribution >= 4 is 5.91 Å². The molecule has 0 atom stereocenters. The molecule has 0 unspecified atom stereocenters. The topological polar surface area (TPSA) is 56.0 Å². The largest absolute Gasteiger partial charge is 0.366 e. The molecule has 0 saturated heterocycles. The van der Waals surface area contributed by atoms with Gasteiger partial charge in [-0.05, 0) is 12.1 Å². The third-order valence-corrected chi connectivity index (χ3v) is 1.90. The van der Waals surface area contributed by atoms with E-state index in [4.69, 9.17) is 5.73 Å². The van der Waals surface area contributed by atoms with Crippen molar-refractivity contribution in [3.05, 3.63) is 30.1 Å². The van der Waals surface area contributed by atoms with Crippen LogP contribution in [0.2, 0.25) is 0 Å². The molecule has 3 heteroatoms. The first-order chi connectivity index (χ1) is 7.22. The summed E-state index contributed by atoms with van der Waals surface area (Å²) in [5.74, 6) is -0.442. The quantitative estimate of drug-likeness (QED) is 0.773. The van der Waals surface area contributed by atoms with Crippen molar-refractivity contribution < 1.29 is 4.79 Å². The molecule has 84 valence electrons. The fourth-order valence-electron chi connectivity index (χ4n) is 1.01. The lowest BCUT2D eigenvalue weighted by Gasteiger charge is -1.88. The number of nitrogens with two attached hydrogens (primary N) is 1. The summed E-state index contributed by atoms with van der Waals surface area (Å²) in [5, 5.41) is 0. The molecule has 2 N–H and O–H groups in total. The van der Waals surface area contributed by atoms with E-state index < -0.39 is 5.91 Å². The van der Waals surface area contributed by atoms with Crippen LogP contribution in [0.15, 0.2) is 24.5 Å². The predicted octanol–water partition coefficient (Wildman–Crippen LogP) is 2.77. The Morgan fingerprint density at radius 3 is 2.20 bits per heavy atom. The van der Waals surface area contributed by atoms with Crippen molar-refractivity contribution in [3.8, 4) is 0 Å². The molecule has 0 saturated carbocycles. The van der Waals surface area contributed by atoms with Crippen molar-refractivity contribution in [2.75, 3.05) is 0 Å². The van der Waals surface area contributed by atoms with Crippen LogP contribution in [0, 0.1) is 0 Å². The normalized spacial score (nSPS) is 8.93. The van der Waals surface area contributed by atoms with E-state index in [0.717, 1.165) is 0 Å². The number of nitrogens with zero attached hydrogens (tertiary/aromatic N) is 1. The summed E-state index contributed by atoms with van der Waals surface area (Å²) in [6.07, 6.45) is 8.56. The fraction of sp³-hybridized carbons (Fsp3) is 0.500. The highest BCUT2D eigenvalue weighted by atomic mass is 16.1. The average molecular weight is 208 g/mol. The third kappa shape index (κ3) is 7.67. The van der Waals surface area contributed by atoms with Crippen LogP contribution in [0.25, 0.3) is 0 Å². The Labute approximate surface area is 91.7 Å². The van der Waals surface area contributed by atoms with Gasteiger partial charge in [0.25, 0.3) is 0 Å². The summed E-state index contributed by atoms with van der Waals surface area (Å²) >= 11 is 0. The van der Waals surface area contributed by atoms with Crippen LogP contribution >= 0.6 is 0 Å². The molecule has 0 fully saturated rings. The third-order valence-electron chi connectivity index (χ3n) is 1.90. The number of carbonyl (C=O) groups is 1. The smallest absolute Gasteiger partial charge is 0.250 e. The number of hydrogen-bond acceptors (Lipinski definition) is 2. The van der Waals surface area contributed by atoms with Gasteiger partial charge < -0.3 is 5.73 Å². The van der Waals surface area contributed by atoms with E-state index in [2.05, 4.69) is 18.8 Å². The Bertz CT molecular complexity index is 256. The van der Waals surface area contributed by atoms with Gasteiger partial charge in [0.15, 0.2) is 0 Å². The molecule has 1 heterocycles. The van der Waals surface area contributed by atoms with Crippen molar-refractivity contribution in [2.24, 2.45) is 5.73 Å². The lowest BCUT2D eigenvalue weighted by molar-refractivity contribution is 0.1000. The van der Waals surface area contributed by atoms with Gasteiger partial charge in [0.1, 0.15) is 0 Å². The van der Waals surface area contributed by atoms with E-state index in [1.165, 1.54) is 31.9 Å². The first-order valence-corrected chi connectivity index (χ1v) is 5.42. The molecule has 3 nitrogen and oxygen atoms in total. The van der Waals surface area contributed by atoms with Crippen LogP contribution in [-0.4, -0.2) is 10.9 Å². The molecular formula is C12H20N2O. The van der Waals surface area contributed by atoms with E-state index >= 15 is 0 Å². The molecular weight excluding hydrogens is 188 g/mol. The zero-order chi connectivity index (χ0) is 11.5. The van der Waals surface area contributed by atoms with E-state index in [1.54, 1.807) is 18.3 Å². The van der Waals surface area contributed by atoms with Crippen molar-refractivity contribution in [3.63, 3.8) is 0 Å². The minimum Gasteiger partial charge on any atom is -0.366 e. The first-order valence-electron chi connectivity index (χ1n) is 5.42. The summed E-state index contributed by atoms with van der Waals surface area (Å²) in [5.41, 5.74) is 5.38. The minimum absolute atomic E-state index is 0.442. The van der Waals surface area contributed by atoms with Gasteiger partial charge >= 0.3 is 0 Å². The molecule has 0 aliphatic rings. The molecule has 0 aromatic carbocycles. The van der Waals surface area contributed by atoms with Gasteiger partial charge in [0.05, 0.1) is 5.56 Å². The second-order valence-electron chi connectivity index (χ2n) is 3.31. The monoisotopic (exact) mass is 208 g/mol. The second-order valence-corrected chi connectivity index (χ2v) is 3.31. The maximum Gasteiger partial charge on any atom is 0.250 e. The Morgan fingerprint density at radius 1 is 1.33 bits per heavy atom. The molecule has 0 aliphatic heterocycles. The Kier molecular flexibility index (Phi) is 8.34. The summed E-state index contributed by atoms with van der Waals surface area (Å²) < 4.78 is 0. The summed E-state index contributed by atoms with van der Waals surface area (Å²) in [6, 6.07) is 3.29. The second kappa shape index (κ2) is 9.19. The van der Waals surface area contributed by atoms with E-state index in [9.17, 15) is 4.79 Å². The Morgan fingerprint density at radius 2 is 1.93 bits per heavy atom. The Hall–Kier alpha value is -1.38. The van der Waals surface area contributed by atoms with Crippen LogP contribution in [0.3, 0.4) is 0 Å². The molecule has 15 heavy (non-hydrogen) atoms. The zero-order valence-corrected chi connectivity index (χ0v) is 9.57. The summed E-state index contributed by atoms with van der Waals surface area (Å²) in [6.45, 7) is 4.46. The highest BCUT2D eigenvalue weighted by Crippen LogP contribution is 1.95. The van der Waals surface area contributed by atoms with Gasteiger partial charge in [-0.3, -0.25) is 9.78 Å². The summed E-state index contributed by atoms with van der Waals surface area (Å²) in [4.78, 5) is 14.1. The fourth-order valence-corrected chi connectivity index (χ4v) is 1.01. The molecule has 0 aliphatic carbocycles. The number of carbonyl (C=O) groups excluding carboxylic acids is 1. The van der Waals surface area contributed by atoms with Crippen LogP contribution in [0.5, 0.6) is 0 Å². The first kappa shape index (κ1) is 13.6. The van der Waals surface area contributed by atoms with Crippen LogP contribution in [-0.2, 0) is 0 Å². The van der Waals surface area contributed by atoms with E-state index in [0.29, 0.717) is 5.56 Å². The average Bonchev–Trinajstić information content (AvgIpc) is 2.28. The highest BCUT2D eigenvalue weighted by Gasteiger charge is 1.94.